The zero-order chi connectivity index (χ0) is 24.2. The van der Waals surface area contributed by atoms with E-state index in [-0.39, 0.29) is 12.5 Å². The van der Waals surface area contributed by atoms with Crippen molar-refractivity contribution in [1.29, 1.82) is 0 Å². The number of benzene rings is 1. The third-order valence-electron chi connectivity index (χ3n) is 6.07. The average molecular weight is 499 g/mol. The number of amides is 2. The van der Waals surface area contributed by atoms with Crippen LogP contribution in [0.4, 0.5) is 0 Å². The number of nitrogens with zero attached hydrogens (tertiary/aromatic N) is 1. The third kappa shape index (κ3) is 8.91. The van der Waals surface area contributed by atoms with Gasteiger partial charge in [0.25, 0.3) is 5.91 Å². The molecule has 0 spiro atoms. The highest BCUT2D eigenvalue weighted by Crippen LogP contribution is 2.23. The predicted octanol–water partition coefficient (Wildman–Crippen LogP) is 4.69. The van der Waals surface area contributed by atoms with Crippen LogP contribution in [0.5, 0.6) is 0 Å². The first-order chi connectivity index (χ1) is 15.9. The monoisotopic (exact) mass is 498 g/mol. The summed E-state index contributed by atoms with van der Waals surface area (Å²) in [6.07, 6.45) is 6.74. The standard InChI is InChI=1S/C25H36Cl2N2O4/c1-3-5-8-18(4-2)17-33-14-7-13-29-16-20(23(30)25(29)32)24(31)28-12-6-9-19-10-11-21(26)22(27)15-19/h10-11,15,18,20H,3-9,12-14,16-17H2,1-2H3,(H,28,31). The highest BCUT2D eigenvalue weighted by Gasteiger charge is 2.42. The fourth-order valence-corrected chi connectivity index (χ4v) is 4.23. The van der Waals surface area contributed by atoms with Crippen LogP contribution in [0.15, 0.2) is 18.2 Å². The maximum Gasteiger partial charge on any atom is 0.290 e. The van der Waals surface area contributed by atoms with Gasteiger partial charge in [0.2, 0.25) is 11.7 Å². The fourth-order valence-electron chi connectivity index (χ4n) is 3.91. The van der Waals surface area contributed by atoms with Crippen molar-refractivity contribution < 1.29 is 19.1 Å². The number of rotatable bonds is 15. The van der Waals surface area contributed by atoms with Crippen molar-refractivity contribution in [3.05, 3.63) is 33.8 Å². The number of nitrogens with one attached hydrogen (secondary N) is 1. The number of carbonyl (C=O) groups is 3. The molecule has 1 aliphatic rings. The lowest BCUT2D eigenvalue weighted by Gasteiger charge is -2.17. The molecule has 1 heterocycles. The first-order valence-electron chi connectivity index (χ1n) is 12.0. The number of Topliss-reactive ketones (excluding diaryl/α,β-unsaturated/α-hetero) is 1. The van der Waals surface area contributed by atoms with Crippen LogP contribution < -0.4 is 5.32 Å². The molecule has 1 N–H and O–H groups in total. The van der Waals surface area contributed by atoms with Gasteiger partial charge in [-0.2, -0.15) is 0 Å². The van der Waals surface area contributed by atoms with Crippen molar-refractivity contribution in [3.8, 4) is 0 Å². The maximum absolute atomic E-state index is 12.5. The largest absolute Gasteiger partial charge is 0.381 e. The molecule has 0 bridgehead atoms. The number of halogens is 2. The predicted molar refractivity (Wildman–Crippen MR) is 132 cm³/mol. The van der Waals surface area contributed by atoms with Gasteiger partial charge in [0.1, 0.15) is 5.92 Å². The van der Waals surface area contributed by atoms with Gasteiger partial charge in [0.15, 0.2) is 0 Å². The Morgan fingerprint density at radius 1 is 1.18 bits per heavy atom. The lowest BCUT2D eigenvalue weighted by molar-refractivity contribution is -0.142. The van der Waals surface area contributed by atoms with Gasteiger partial charge in [0.05, 0.1) is 10.0 Å². The topological polar surface area (TPSA) is 75.7 Å². The van der Waals surface area contributed by atoms with E-state index in [1.54, 1.807) is 12.1 Å². The normalized spacial score (nSPS) is 17.0. The molecule has 0 saturated carbocycles. The molecule has 6 nitrogen and oxygen atoms in total. The van der Waals surface area contributed by atoms with Gasteiger partial charge in [-0.25, -0.2) is 0 Å². The van der Waals surface area contributed by atoms with Crippen LogP contribution in [-0.2, 0) is 25.5 Å². The van der Waals surface area contributed by atoms with Gasteiger partial charge in [0, 0.05) is 32.8 Å². The van der Waals surface area contributed by atoms with Crippen molar-refractivity contribution in [2.24, 2.45) is 11.8 Å². The highest BCUT2D eigenvalue weighted by atomic mass is 35.5. The van der Waals surface area contributed by atoms with Crippen molar-refractivity contribution in [2.75, 3.05) is 32.8 Å². The van der Waals surface area contributed by atoms with Crippen molar-refractivity contribution >= 4 is 40.8 Å². The zero-order valence-electron chi connectivity index (χ0n) is 19.7. The molecular formula is C25H36Cl2N2O4. The molecule has 184 valence electrons. The lowest BCUT2D eigenvalue weighted by atomic mass is 10.0. The molecule has 0 aliphatic carbocycles. The van der Waals surface area contributed by atoms with E-state index in [9.17, 15) is 14.4 Å². The summed E-state index contributed by atoms with van der Waals surface area (Å²) in [5, 5.41) is 3.79. The Labute approximate surface area is 207 Å². The van der Waals surface area contributed by atoms with Gasteiger partial charge >= 0.3 is 0 Å². The Morgan fingerprint density at radius 2 is 1.97 bits per heavy atom. The van der Waals surface area contributed by atoms with Gasteiger partial charge in [-0.05, 0) is 49.3 Å². The second-order valence-electron chi connectivity index (χ2n) is 8.66. The van der Waals surface area contributed by atoms with Gasteiger partial charge < -0.3 is 15.0 Å². The van der Waals surface area contributed by atoms with E-state index in [4.69, 9.17) is 27.9 Å². The van der Waals surface area contributed by atoms with Gasteiger partial charge in [-0.3, -0.25) is 14.4 Å². The minimum atomic E-state index is -0.929. The smallest absolute Gasteiger partial charge is 0.290 e. The Kier molecular flexibility index (Phi) is 12.2. The minimum Gasteiger partial charge on any atom is -0.381 e. The van der Waals surface area contributed by atoms with E-state index in [2.05, 4.69) is 19.2 Å². The fraction of sp³-hybridized carbons (Fsp3) is 0.640. The van der Waals surface area contributed by atoms with Crippen LogP contribution in [0.2, 0.25) is 10.0 Å². The molecule has 1 fully saturated rings. The van der Waals surface area contributed by atoms with Crippen molar-refractivity contribution in [2.45, 2.75) is 58.8 Å². The van der Waals surface area contributed by atoms with Crippen LogP contribution in [-0.4, -0.2) is 55.3 Å². The summed E-state index contributed by atoms with van der Waals surface area (Å²) in [5.74, 6) is -1.93. The molecule has 8 heteroatoms. The van der Waals surface area contributed by atoms with Crippen LogP contribution in [0.3, 0.4) is 0 Å². The van der Waals surface area contributed by atoms with Gasteiger partial charge in [-0.15, -0.1) is 0 Å². The highest BCUT2D eigenvalue weighted by molar-refractivity contribution is 6.42. The van der Waals surface area contributed by atoms with Crippen molar-refractivity contribution in [1.82, 2.24) is 10.2 Å². The minimum absolute atomic E-state index is 0.143. The third-order valence-corrected chi connectivity index (χ3v) is 6.81. The van der Waals surface area contributed by atoms with Crippen LogP contribution in [0.1, 0.15) is 57.9 Å². The number of ether oxygens (including phenoxy) is 1. The number of ketones is 1. The lowest BCUT2D eigenvalue weighted by Crippen LogP contribution is -2.36. The van der Waals surface area contributed by atoms with Crippen LogP contribution in [0.25, 0.3) is 0 Å². The number of unbranched alkanes of at least 4 members (excludes halogenated alkanes) is 1. The van der Waals surface area contributed by atoms with E-state index in [1.165, 1.54) is 24.2 Å². The van der Waals surface area contributed by atoms with Crippen LogP contribution >= 0.6 is 23.2 Å². The van der Waals surface area contributed by atoms with E-state index in [1.807, 2.05) is 6.07 Å². The Balaban J connectivity index is 1.66. The summed E-state index contributed by atoms with van der Waals surface area (Å²) in [7, 11) is 0. The Morgan fingerprint density at radius 3 is 2.67 bits per heavy atom. The van der Waals surface area contributed by atoms with E-state index < -0.39 is 17.6 Å². The van der Waals surface area contributed by atoms with E-state index >= 15 is 0 Å². The summed E-state index contributed by atoms with van der Waals surface area (Å²) in [6, 6.07) is 5.44. The molecule has 2 amide bonds. The molecule has 33 heavy (non-hydrogen) atoms. The zero-order valence-corrected chi connectivity index (χ0v) is 21.2. The molecular weight excluding hydrogens is 463 g/mol. The molecule has 2 rings (SSSR count). The Bertz CT molecular complexity index is 803. The number of hydrogen-bond donors (Lipinski definition) is 1. The summed E-state index contributed by atoms with van der Waals surface area (Å²) in [4.78, 5) is 38.5. The second-order valence-corrected chi connectivity index (χ2v) is 9.47. The first kappa shape index (κ1) is 27.6. The summed E-state index contributed by atoms with van der Waals surface area (Å²) in [5.41, 5.74) is 1.02. The molecule has 1 saturated heterocycles. The molecule has 1 aromatic rings. The quantitative estimate of drug-likeness (QED) is 0.216. The second kappa shape index (κ2) is 14.6. The number of aryl methyl sites for hydroxylation is 1. The molecule has 1 aromatic carbocycles. The van der Waals surface area contributed by atoms with Gasteiger partial charge in [-0.1, -0.05) is 62.4 Å². The number of likely N-dealkylation sites (tertiary alicyclic amines) is 1. The average Bonchev–Trinajstić information content (AvgIpc) is 3.09. The number of carbonyl (C=O) groups excluding carboxylic acids is 3. The molecule has 2 atom stereocenters. The van der Waals surface area contributed by atoms with E-state index in [0.29, 0.717) is 48.5 Å². The van der Waals surface area contributed by atoms with Crippen LogP contribution in [0, 0.1) is 11.8 Å². The van der Waals surface area contributed by atoms with Crippen molar-refractivity contribution in [3.63, 3.8) is 0 Å². The summed E-state index contributed by atoms with van der Waals surface area (Å²) in [6.45, 7) is 6.63. The molecule has 0 radical (unpaired) electrons. The maximum atomic E-state index is 12.5. The summed E-state index contributed by atoms with van der Waals surface area (Å²) < 4.78 is 5.78. The number of hydrogen-bond acceptors (Lipinski definition) is 4. The van der Waals surface area contributed by atoms with E-state index in [0.717, 1.165) is 25.0 Å². The molecule has 2 unspecified atom stereocenters. The SMILES string of the molecule is CCCCC(CC)COCCCN1CC(C(=O)NCCCc2ccc(Cl)c(Cl)c2)C(=O)C1=O. The molecule has 0 aromatic heterocycles. The summed E-state index contributed by atoms with van der Waals surface area (Å²) >= 11 is 11.9. The first-order valence-corrected chi connectivity index (χ1v) is 12.7. The Hall–Kier alpha value is -1.63. The molecule has 1 aliphatic heterocycles.